The Kier molecular flexibility index (Phi) is 4.14. The van der Waals surface area contributed by atoms with Crippen LogP contribution in [0, 0.1) is 6.92 Å². The van der Waals surface area contributed by atoms with Crippen LogP contribution in [0.5, 0.6) is 0 Å². The monoisotopic (exact) mass is 308 g/mol. The zero-order valence-corrected chi connectivity index (χ0v) is 12.7. The summed E-state index contributed by atoms with van der Waals surface area (Å²) >= 11 is 0. The van der Waals surface area contributed by atoms with Crippen molar-refractivity contribution in [2.24, 2.45) is 5.10 Å². The number of carbonyl (C=O) groups excluding carboxylic acids is 2. The lowest BCUT2D eigenvalue weighted by Gasteiger charge is -2.31. The molecule has 0 radical (unpaired) electrons. The van der Waals surface area contributed by atoms with Crippen LogP contribution < -0.4 is 4.90 Å². The Morgan fingerprint density at radius 1 is 1.00 bits per heavy atom. The van der Waals surface area contributed by atoms with Crippen LogP contribution in [0.1, 0.15) is 11.1 Å². The zero-order valence-electron chi connectivity index (χ0n) is 12.7. The number of nitrogens with zero attached hydrogens (tertiary/aromatic N) is 4. The topological polar surface area (TPSA) is 65.9 Å². The van der Waals surface area contributed by atoms with Crippen molar-refractivity contribution in [3.63, 3.8) is 0 Å². The van der Waals surface area contributed by atoms with E-state index in [1.54, 1.807) is 30.7 Å². The highest BCUT2D eigenvalue weighted by Gasteiger charge is 2.30. The van der Waals surface area contributed by atoms with E-state index in [1.165, 1.54) is 9.91 Å². The predicted octanol–water partition coefficient (Wildman–Crippen LogP) is 1.60. The average Bonchev–Trinajstić information content (AvgIpc) is 2.57. The normalized spacial score (nSPS) is 15.5. The van der Waals surface area contributed by atoms with Gasteiger partial charge in [-0.05, 0) is 36.8 Å². The van der Waals surface area contributed by atoms with Crippen molar-refractivity contribution in [1.29, 1.82) is 0 Å². The molecule has 0 N–H and O–H groups in total. The number of aryl methyl sites for hydroxylation is 1. The third kappa shape index (κ3) is 3.42. The SMILES string of the molecule is Cc1ccc(N2CC(=O)N(N=Cc3ccncc3)CC2=O)cc1. The number of pyridine rings is 1. The molecule has 6 nitrogen and oxygen atoms in total. The maximum Gasteiger partial charge on any atom is 0.263 e. The fraction of sp³-hybridized carbons (Fsp3) is 0.176. The number of hydrazone groups is 1. The van der Waals surface area contributed by atoms with Crippen molar-refractivity contribution in [2.45, 2.75) is 6.92 Å². The Labute approximate surface area is 134 Å². The molecule has 1 aromatic carbocycles. The zero-order chi connectivity index (χ0) is 16.2. The van der Waals surface area contributed by atoms with Gasteiger partial charge in [0.1, 0.15) is 13.1 Å². The fourth-order valence-corrected chi connectivity index (χ4v) is 2.26. The van der Waals surface area contributed by atoms with Crippen LogP contribution >= 0.6 is 0 Å². The molecule has 1 saturated heterocycles. The van der Waals surface area contributed by atoms with Crippen molar-refractivity contribution in [1.82, 2.24) is 9.99 Å². The minimum atomic E-state index is -0.213. The lowest BCUT2D eigenvalue weighted by atomic mass is 10.2. The summed E-state index contributed by atoms with van der Waals surface area (Å²) in [5, 5.41) is 5.31. The quantitative estimate of drug-likeness (QED) is 0.809. The second-order valence-electron chi connectivity index (χ2n) is 5.29. The van der Waals surface area contributed by atoms with E-state index in [1.807, 2.05) is 31.2 Å². The van der Waals surface area contributed by atoms with E-state index < -0.39 is 0 Å². The first kappa shape index (κ1) is 14.9. The molecular weight excluding hydrogens is 292 g/mol. The Hall–Kier alpha value is -3.02. The third-order valence-corrected chi connectivity index (χ3v) is 3.57. The summed E-state index contributed by atoms with van der Waals surface area (Å²) in [4.78, 5) is 29.9. The van der Waals surface area contributed by atoms with Crippen LogP contribution in [0.2, 0.25) is 0 Å². The molecule has 0 atom stereocenters. The van der Waals surface area contributed by atoms with Gasteiger partial charge >= 0.3 is 0 Å². The van der Waals surface area contributed by atoms with Crippen molar-refractivity contribution in [2.75, 3.05) is 18.0 Å². The van der Waals surface area contributed by atoms with Crippen LogP contribution in [0.25, 0.3) is 0 Å². The third-order valence-electron chi connectivity index (χ3n) is 3.57. The van der Waals surface area contributed by atoms with E-state index in [0.717, 1.165) is 16.8 Å². The van der Waals surface area contributed by atoms with Gasteiger partial charge in [0, 0.05) is 18.1 Å². The van der Waals surface area contributed by atoms with Gasteiger partial charge < -0.3 is 4.90 Å². The Morgan fingerprint density at radius 2 is 1.70 bits per heavy atom. The molecule has 23 heavy (non-hydrogen) atoms. The number of hydrogen-bond acceptors (Lipinski definition) is 4. The maximum absolute atomic E-state index is 12.3. The first-order valence-corrected chi connectivity index (χ1v) is 7.25. The molecule has 116 valence electrons. The predicted molar refractivity (Wildman–Crippen MR) is 87.1 cm³/mol. The van der Waals surface area contributed by atoms with Crippen LogP contribution in [-0.4, -0.2) is 41.1 Å². The second-order valence-corrected chi connectivity index (χ2v) is 5.29. The Morgan fingerprint density at radius 3 is 2.39 bits per heavy atom. The van der Waals surface area contributed by atoms with E-state index >= 15 is 0 Å². The molecule has 1 aliphatic rings. The largest absolute Gasteiger partial charge is 0.301 e. The molecule has 2 aromatic rings. The molecule has 1 aromatic heterocycles. The number of aromatic nitrogens is 1. The molecule has 6 heteroatoms. The summed E-state index contributed by atoms with van der Waals surface area (Å²) in [5.74, 6) is -0.365. The van der Waals surface area contributed by atoms with E-state index in [0.29, 0.717) is 0 Å². The molecule has 0 bridgehead atoms. The van der Waals surface area contributed by atoms with Crippen LogP contribution in [0.4, 0.5) is 5.69 Å². The number of piperazine rings is 1. The number of anilines is 1. The van der Waals surface area contributed by atoms with Crippen LogP contribution in [0.3, 0.4) is 0 Å². The van der Waals surface area contributed by atoms with Gasteiger partial charge in [-0.1, -0.05) is 17.7 Å². The smallest absolute Gasteiger partial charge is 0.263 e. The summed E-state index contributed by atoms with van der Waals surface area (Å²) < 4.78 is 0. The van der Waals surface area contributed by atoms with E-state index in [9.17, 15) is 9.59 Å². The molecule has 2 amide bonds. The second kappa shape index (κ2) is 6.39. The molecule has 3 rings (SSSR count). The molecule has 0 saturated carbocycles. The lowest BCUT2D eigenvalue weighted by molar-refractivity contribution is -0.138. The number of hydrogen-bond donors (Lipinski definition) is 0. The van der Waals surface area contributed by atoms with Gasteiger partial charge in [-0.2, -0.15) is 5.10 Å². The number of benzene rings is 1. The van der Waals surface area contributed by atoms with Gasteiger partial charge in [-0.3, -0.25) is 14.6 Å². The summed E-state index contributed by atoms with van der Waals surface area (Å²) in [6.45, 7) is 1.91. The average molecular weight is 308 g/mol. The van der Waals surface area contributed by atoms with Crippen LogP contribution in [-0.2, 0) is 9.59 Å². The highest BCUT2D eigenvalue weighted by atomic mass is 16.2. The summed E-state index contributed by atoms with van der Waals surface area (Å²) in [6.07, 6.45) is 4.84. The molecule has 0 spiro atoms. The first-order chi connectivity index (χ1) is 11.1. The molecule has 1 fully saturated rings. The van der Waals surface area contributed by atoms with Gasteiger partial charge in [0.25, 0.3) is 5.91 Å². The summed E-state index contributed by atoms with van der Waals surface area (Å²) in [6, 6.07) is 11.1. The highest BCUT2D eigenvalue weighted by Crippen LogP contribution is 2.18. The minimum absolute atomic E-state index is 0.00439. The Balaban J connectivity index is 1.72. The van der Waals surface area contributed by atoms with Crippen molar-refractivity contribution in [3.8, 4) is 0 Å². The molecule has 0 unspecified atom stereocenters. The molecule has 0 aliphatic carbocycles. The first-order valence-electron chi connectivity index (χ1n) is 7.25. The lowest BCUT2D eigenvalue weighted by Crippen LogP contribution is -2.52. The fourth-order valence-electron chi connectivity index (χ4n) is 2.26. The van der Waals surface area contributed by atoms with Gasteiger partial charge in [-0.25, -0.2) is 5.01 Å². The van der Waals surface area contributed by atoms with Gasteiger partial charge in [0.05, 0.1) is 6.21 Å². The Bertz CT molecular complexity index is 741. The molecular formula is C17H16N4O2. The van der Waals surface area contributed by atoms with Crippen molar-refractivity contribution < 1.29 is 9.59 Å². The number of amides is 2. The minimum Gasteiger partial charge on any atom is -0.301 e. The van der Waals surface area contributed by atoms with E-state index in [4.69, 9.17) is 0 Å². The van der Waals surface area contributed by atoms with E-state index in [2.05, 4.69) is 10.1 Å². The van der Waals surface area contributed by atoms with Crippen molar-refractivity contribution >= 4 is 23.7 Å². The molecule has 2 heterocycles. The maximum atomic E-state index is 12.3. The van der Waals surface area contributed by atoms with Crippen molar-refractivity contribution in [3.05, 3.63) is 59.9 Å². The summed E-state index contributed by atoms with van der Waals surface area (Å²) in [5.41, 5.74) is 2.65. The standard InChI is InChI=1S/C17H16N4O2/c1-13-2-4-15(5-3-13)20-11-17(23)21(12-16(20)22)19-10-14-6-8-18-9-7-14/h2-10H,11-12H2,1H3. The van der Waals surface area contributed by atoms with Gasteiger partial charge in [0.15, 0.2) is 0 Å². The summed E-state index contributed by atoms with van der Waals surface area (Å²) in [7, 11) is 0. The highest BCUT2D eigenvalue weighted by molar-refractivity contribution is 6.04. The molecule has 1 aliphatic heterocycles. The van der Waals surface area contributed by atoms with Gasteiger partial charge in [0.2, 0.25) is 5.91 Å². The number of carbonyl (C=O) groups is 2. The van der Waals surface area contributed by atoms with E-state index in [-0.39, 0.29) is 24.9 Å². The van der Waals surface area contributed by atoms with Gasteiger partial charge in [-0.15, -0.1) is 0 Å². The van der Waals surface area contributed by atoms with Crippen LogP contribution in [0.15, 0.2) is 53.9 Å². The number of rotatable bonds is 3.